The molecule has 34 heavy (non-hydrogen) atoms. The summed E-state index contributed by atoms with van der Waals surface area (Å²) in [6, 6.07) is 26.9. The number of ketones is 1. The second kappa shape index (κ2) is 7.67. The van der Waals surface area contributed by atoms with Crippen molar-refractivity contribution in [2.24, 2.45) is 0 Å². The predicted octanol–water partition coefficient (Wildman–Crippen LogP) is 6.79. The number of carbonyl (C=O) groups excluding carboxylic acids is 1. The third-order valence-electron chi connectivity index (χ3n) is 5.84. The monoisotopic (exact) mass is 455 g/mol. The molecular weight excluding hydrogens is 442 g/mol. The highest BCUT2D eigenvalue weighted by molar-refractivity contribution is 7.21. The molecule has 2 heterocycles. The molecule has 2 aromatic heterocycles. The lowest BCUT2D eigenvalue weighted by molar-refractivity contribution is 0.104. The van der Waals surface area contributed by atoms with Crippen LogP contribution in [0.5, 0.6) is 0 Å². The van der Waals surface area contributed by atoms with Crippen LogP contribution in [0, 0.1) is 22.7 Å². The topological polar surface area (TPSA) is 90.7 Å². The molecule has 3 aromatic carbocycles. The Balaban J connectivity index is 1.46. The van der Waals surface area contributed by atoms with Crippen LogP contribution >= 0.6 is 11.3 Å². The van der Waals surface area contributed by atoms with Crippen LogP contribution in [-0.4, -0.2) is 10.8 Å². The number of nitrogens with zero attached hydrogens (tertiary/aromatic N) is 3. The number of allylic oxidation sites excluding steroid dienone is 3. The lowest BCUT2D eigenvalue weighted by atomic mass is 9.99. The number of Topliss-reactive ketones (excluding diaryl/α,β-unsaturated/α-hetero) is 1. The van der Waals surface area contributed by atoms with Crippen molar-refractivity contribution in [1.82, 2.24) is 4.98 Å². The average Bonchev–Trinajstić information content (AvgIpc) is 3.51. The molecule has 158 valence electrons. The molecule has 0 aliphatic heterocycles. The summed E-state index contributed by atoms with van der Waals surface area (Å²) in [5.41, 5.74) is 3.08. The Labute approximate surface area is 198 Å². The summed E-state index contributed by atoms with van der Waals surface area (Å²) in [7, 11) is 0. The number of rotatable bonds is 2. The lowest BCUT2D eigenvalue weighted by Gasteiger charge is -2.02. The fraction of sp³-hybridized carbons (Fsp3) is 0. The summed E-state index contributed by atoms with van der Waals surface area (Å²) < 4.78 is 6.82. The molecule has 5 aromatic rings. The Kier molecular flexibility index (Phi) is 4.48. The van der Waals surface area contributed by atoms with Crippen LogP contribution in [0.15, 0.2) is 88.4 Å². The first-order valence-corrected chi connectivity index (χ1v) is 11.3. The smallest absolute Gasteiger partial charge is 0.238 e. The van der Waals surface area contributed by atoms with Crippen molar-refractivity contribution in [3.63, 3.8) is 0 Å². The van der Waals surface area contributed by atoms with Crippen molar-refractivity contribution in [1.29, 1.82) is 10.5 Å². The van der Waals surface area contributed by atoms with Crippen molar-refractivity contribution < 1.29 is 9.21 Å². The maximum absolute atomic E-state index is 13.1. The Morgan fingerprint density at radius 2 is 1.62 bits per heavy atom. The number of nitriles is 2. The summed E-state index contributed by atoms with van der Waals surface area (Å²) >= 11 is 1.51. The average molecular weight is 455 g/mol. The van der Waals surface area contributed by atoms with E-state index in [1.54, 1.807) is 30.3 Å². The molecule has 0 N–H and O–H groups in total. The summed E-state index contributed by atoms with van der Waals surface area (Å²) in [5, 5.41) is 22.1. The molecule has 0 fully saturated rings. The van der Waals surface area contributed by atoms with E-state index >= 15 is 0 Å². The zero-order chi connectivity index (χ0) is 23.2. The SMILES string of the molecule is N#CC(C#N)=C1/C(=C/c2cc3sc(-c4cccc5ccccc45)nc3o2)C(=O)c2ccccc21. The molecule has 5 nitrogen and oxygen atoms in total. The van der Waals surface area contributed by atoms with Gasteiger partial charge in [-0.25, -0.2) is 4.98 Å². The highest BCUT2D eigenvalue weighted by Gasteiger charge is 2.32. The number of aromatic nitrogens is 1. The van der Waals surface area contributed by atoms with E-state index in [-0.39, 0.29) is 16.9 Å². The Hall–Kier alpha value is -4.78. The molecular formula is C28H13N3O2S. The van der Waals surface area contributed by atoms with Gasteiger partial charge in [-0.3, -0.25) is 4.79 Å². The van der Waals surface area contributed by atoms with Crippen LogP contribution in [0.3, 0.4) is 0 Å². The molecule has 0 bridgehead atoms. The third-order valence-corrected chi connectivity index (χ3v) is 6.86. The molecule has 6 heteroatoms. The Bertz CT molecular complexity index is 1750. The number of furan rings is 1. The predicted molar refractivity (Wildman–Crippen MR) is 132 cm³/mol. The maximum atomic E-state index is 13.1. The van der Waals surface area contributed by atoms with Crippen molar-refractivity contribution in [3.05, 3.63) is 101 Å². The number of fused-ring (bicyclic) bond motifs is 3. The molecule has 6 rings (SSSR count). The van der Waals surface area contributed by atoms with Gasteiger partial charge in [-0.05, 0) is 22.4 Å². The Morgan fingerprint density at radius 3 is 2.41 bits per heavy atom. The number of thiazole rings is 1. The molecule has 0 spiro atoms. The van der Waals surface area contributed by atoms with E-state index in [1.807, 2.05) is 42.5 Å². The van der Waals surface area contributed by atoms with Crippen molar-refractivity contribution in [3.8, 4) is 22.7 Å². The van der Waals surface area contributed by atoms with Gasteiger partial charge in [0.1, 0.15) is 28.5 Å². The van der Waals surface area contributed by atoms with Gasteiger partial charge >= 0.3 is 0 Å². The van der Waals surface area contributed by atoms with Crippen molar-refractivity contribution in [2.75, 3.05) is 0 Å². The maximum Gasteiger partial charge on any atom is 0.238 e. The van der Waals surface area contributed by atoms with Crippen molar-refractivity contribution in [2.45, 2.75) is 0 Å². The van der Waals surface area contributed by atoms with Gasteiger partial charge in [0.05, 0.1) is 4.70 Å². The van der Waals surface area contributed by atoms with Crippen LogP contribution in [0.25, 0.3) is 43.4 Å². The minimum absolute atomic E-state index is 0.103. The van der Waals surface area contributed by atoms with Gasteiger partial charge in [-0.1, -0.05) is 66.7 Å². The van der Waals surface area contributed by atoms with Gasteiger partial charge in [0.25, 0.3) is 0 Å². The number of hydrogen-bond donors (Lipinski definition) is 0. The zero-order valence-corrected chi connectivity index (χ0v) is 18.4. The minimum atomic E-state index is -0.238. The van der Waals surface area contributed by atoms with Crippen LogP contribution in [0.2, 0.25) is 0 Å². The third kappa shape index (κ3) is 2.98. The molecule has 1 aliphatic carbocycles. The van der Waals surface area contributed by atoms with Crippen LogP contribution < -0.4 is 0 Å². The Morgan fingerprint density at radius 1 is 0.912 bits per heavy atom. The van der Waals surface area contributed by atoms with E-state index < -0.39 is 0 Å². The minimum Gasteiger partial charge on any atom is -0.437 e. The molecule has 0 atom stereocenters. The van der Waals surface area contributed by atoms with Gasteiger partial charge in [0, 0.05) is 28.3 Å². The molecule has 0 radical (unpaired) electrons. The van der Waals surface area contributed by atoms with Crippen LogP contribution in [-0.2, 0) is 0 Å². The first kappa shape index (κ1) is 19.9. The first-order valence-electron chi connectivity index (χ1n) is 10.5. The number of benzene rings is 3. The largest absolute Gasteiger partial charge is 0.437 e. The summed E-state index contributed by atoms with van der Waals surface area (Å²) in [6.07, 6.45) is 1.60. The number of hydrogen-bond acceptors (Lipinski definition) is 6. The summed E-state index contributed by atoms with van der Waals surface area (Å²) in [4.78, 5) is 17.8. The van der Waals surface area contributed by atoms with Gasteiger partial charge in [0.15, 0.2) is 5.78 Å². The fourth-order valence-corrected chi connectivity index (χ4v) is 5.31. The molecule has 0 amide bonds. The second-order valence-electron chi connectivity index (χ2n) is 7.77. The molecule has 0 saturated heterocycles. The van der Waals surface area contributed by atoms with Crippen LogP contribution in [0.4, 0.5) is 0 Å². The normalized spacial score (nSPS) is 13.9. The van der Waals surface area contributed by atoms with E-state index in [0.717, 1.165) is 26.0 Å². The van der Waals surface area contributed by atoms with E-state index in [1.165, 1.54) is 11.3 Å². The van der Waals surface area contributed by atoms with Gasteiger partial charge < -0.3 is 4.42 Å². The van der Waals surface area contributed by atoms with Gasteiger partial charge in [-0.2, -0.15) is 10.5 Å². The van der Waals surface area contributed by atoms with Gasteiger partial charge in [-0.15, -0.1) is 11.3 Å². The fourth-order valence-electron chi connectivity index (χ4n) is 4.34. The van der Waals surface area contributed by atoms with Crippen LogP contribution in [0.1, 0.15) is 21.7 Å². The quantitative estimate of drug-likeness (QED) is 0.216. The number of carbonyl (C=O) groups is 1. The van der Waals surface area contributed by atoms with E-state index in [4.69, 9.17) is 9.40 Å². The standard InChI is InChI=1S/C28H13N3O2S/c29-14-17(15-30)25-20-9-3-4-10-21(20)26(32)23(25)12-18-13-24-27(33-18)31-28(34-24)22-11-5-7-16-6-1-2-8-19(16)22/h1-13H/b23-12-. The van der Waals surface area contributed by atoms with Crippen molar-refractivity contribution >= 4 is 50.0 Å². The lowest BCUT2D eigenvalue weighted by Crippen LogP contribution is -1.95. The summed E-state index contributed by atoms with van der Waals surface area (Å²) in [5.74, 6) is 0.208. The zero-order valence-electron chi connectivity index (χ0n) is 17.6. The molecule has 0 unspecified atom stereocenters. The second-order valence-corrected chi connectivity index (χ2v) is 8.80. The van der Waals surface area contributed by atoms with E-state index in [9.17, 15) is 15.3 Å². The van der Waals surface area contributed by atoms with Gasteiger partial charge in [0.2, 0.25) is 5.71 Å². The highest BCUT2D eigenvalue weighted by atomic mass is 32.1. The molecule has 0 saturated carbocycles. The highest BCUT2D eigenvalue weighted by Crippen LogP contribution is 2.41. The van der Waals surface area contributed by atoms with E-state index in [2.05, 4.69) is 18.2 Å². The molecule has 1 aliphatic rings. The van der Waals surface area contributed by atoms with E-state index in [0.29, 0.717) is 28.2 Å². The first-order chi connectivity index (χ1) is 16.7. The summed E-state index contributed by atoms with van der Waals surface area (Å²) in [6.45, 7) is 0.